The highest BCUT2D eigenvalue weighted by atomic mass is 28.4. The lowest BCUT2D eigenvalue weighted by Gasteiger charge is -2.68. The summed E-state index contributed by atoms with van der Waals surface area (Å²) >= 11 is 0. The van der Waals surface area contributed by atoms with E-state index in [4.69, 9.17) is 32.5 Å². The van der Waals surface area contributed by atoms with Crippen molar-refractivity contribution in [3.63, 3.8) is 0 Å². The first-order chi connectivity index (χ1) is 35.1. The van der Waals surface area contributed by atoms with Crippen LogP contribution in [0.5, 0.6) is 0 Å². The third-order valence-corrected chi connectivity index (χ3v) is 26.8. The molecule has 1 saturated heterocycles. The molecule has 412 valence electrons. The molecule has 0 radical (unpaired) electrons. The Bertz CT molecular complexity index is 2730. The summed E-state index contributed by atoms with van der Waals surface area (Å²) in [5.74, 6) is -5.85. The van der Waals surface area contributed by atoms with Crippen LogP contribution in [0.4, 0.5) is 0 Å². The summed E-state index contributed by atoms with van der Waals surface area (Å²) in [6, 6.07) is 24.6. The van der Waals surface area contributed by atoms with Crippen LogP contribution in [0.25, 0.3) is 0 Å². The number of fused-ring (bicyclic) bond motifs is 5. The van der Waals surface area contributed by atoms with Crippen molar-refractivity contribution in [2.24, 2.45) is 16.7 Å². The number of amides is 1. The van der Waals surface area contributed by atoms with Crippen molar-refractivity contribution in [1.29, 1.82) is 0 Å². The molecule has 2 saturated carbocycles. The smallest absolute Gasteiger partial charge is 0.338 e. The zero-order chi connectivity index (χ0) is 56.4. The second-order valence-electron chi connectivity index (χ2n) is 25.1. The molecule has 4 aliphatic rings. The minimum atomic E-state index is -2.94. The molecular weight excluding hydrogens is 1000 g/mol. The highest BCUT2D eigenvalue weighted by Crippen LogP contribution is 2.65. The maximum atomic E-state index is 16.6. The van der Waals surface area contributed by atoms with Gasteiger partial charge in [-0.3, -0.25) is 19.2 Å². The standard InChI is InChI=1S/C59H79NO14Si2/c1-35-41(70-53(66)47(74-76(15,16)55(7,8)9)45(38-26-20-17-21-27-38)60-51(64)39-28-22-18-23-29-39)33-59(67)50(71-52(65)40-30-24-19-25-31-40)48-57(12,49(63)46(69-36(2)61)44(35)56(59,10)11)42(73-75(13,14)54(4,5)6)32-43-58(48,34-68-43)72-37(3)62/h17-31,41-43,45-48,50,67H,32-34H2,1-16H3,(H,60,64)/t41-,42-,43+,45?,46+,47+,48-,50-,57+,58-,59+/m0/s1. The zero-order valence-corrected chi connectivity index (χ0v) is 49.2. The molecule has 1 aliphatic heterocycles. The van der Waals surface area contributed by atoms with Crippen molar-refractivity contribution in [2.75, 3.05) is 6.61 Å². The highest BCUT2D eigenvalue weighted by Gasteiger charge is 2.79. The maximum Gasteiger partial charge on any atom is 0.338 e. The number of hydrogen-bond acceptors (Lipinski definition) is 14. The molecule has 1 heterocycles. The van der Waals surface area contributed by atoms with Gasteiger partial charge < -0.3 is 43.0 Å². The molecule has 3 aromatic carbocycles. The summed E-state index contributed by atoms with van der Waals surface area (Å²) in [6.45, 7) is 29.1. The topological polar surface area (TPSA) is 199 Å². The normalized spacial score (nSPS) is 29.1. The number of rotatable bonds is 14. The van der Waals surface area contributed by atoms with E-state index in [-0.39, 0.29) is 29.2 Å². The van der Waals surface area contributed by atoms with E-state index in [1.807, 2.05) is 53.0 Å². The summed E-state index contributed by atoms with van der Waals surface area (Å²) < 4.78 is 46.9. The number of carbonyl (C=O) groups excluding carboxylic acids is 6. The van der Waals surface area contributed by atoms with Gasteiger partial charge in [-0.05, 0) is 91.1 Å². The molecule has 76 heavy (non-hydrogen) atoms. The van der Waals surface area contributed by atoms with Crippen molar-refractivity contribution in [3.05, 3.63) is 119 Å². The van der Waals surface area contributed by atoms with E-state index in [1.165, 1.54) is 13.8 Å². The quantitative estimate of drug-likeness (QED) is 0.0669. The van der Waals surface area contributed by atoms with E-state index in [0.29, 0.717) is 16.7 Å². The van der Waals surface area contributed by atoms with Crippen molar-refractivity contribution in [2.45, 2.75) is 186 Å². The molecule has 1 unspecified atom stereocenters. The molecule has 3 aromatic rings. The van der Waals surface area contributed by atoms with Gasteiger partial charge >= 0.3 is 23.9 Å². The number of ether oxygens (including phenoxy) is 5. The molecule has 0 aromatic heterocycles. The van der Waals surface area contributed by atoms with Crippen molar-refractivity contribution < 1.29 is 66.4 Å². The SMILES string of the molecule is CC(=O)O[C@H]1C(=O)[C@]2(C)[C@@H](O[Si](C)(C)C(C)(C)C)C[C@H]3OC[C@@]3(OC(C)=O)[C@H]2[C@H](OC(=O)c2ccccc2)[C@]2(O)C[C@H](OC(=O)[C@H](O[Si](C)(C)C(C)(C)C)C(NC(=O)c3ccccc3)c3ccccc3)C(C)=C1C2(C)C. The first-order valence-electron chi connectivity index (χ1n) is 26.3. The Morgan fingerprint density at radius 1 is 0.750 bits per heavy atom. The van der Waals surface area contributed by atoms with Crippen LogP contribution in [0.15, 0.2) is 102 Å². The number of Topliss-reactive ketones (excluding diaryl/α,β-unsaturated/α-hetero) is 1. The predicted octanol–water partition coefficient (Wildman–Crippen LogP) is 9.79. The summed E-state index contributed by atoms with van der Waals surface area (Å²) in [6.07, 6.45) is -8.71. The fourth-order valence-corrected chi connectivity index (χ4v) is 14.1. The molecule has 3 fully saturated rings. The predicted molar refractivity (Wildman–Crippen MR) is 290 cm³/mol. The molecule has 3 aliphatic carbocycles. The van der Waals surface area contributed by atoms with Crippen molar-refractivity contribution in [1.82, 2.24) is 5.32 Å². The maximum absolute atomic E-state index is 16.6. The average molecular weight is 1080 g/mol. The van der Waals surface area contributed by atoms with E-state index in [0.717, 1.165) is 0 Å². The van der Waals surface area contributed by atoms with Crippen LogP contribution in [0.1, 0.15) is 128 Å². The Labute approximate surface area is 450 Å². The van der Waals surface area contributed by atoms with Crippen LogP contribution >= 0.6 is 0 Å². The molecule has 7 rings (SSSR count). The number of aliphatic hydroxyl groups is 1. The van der Waals surface area contributed by atoms with Gasteiger partial charge in [0.25, 0.3) is 5.91 Å². The van der Waals surface area contributed by atoms with E-state index in [1.54, 1.807) is 113 Å². The van der Waals surface area contributed by atoms with E-state index < -0.39 is 134 Å². The summed E-state index contributed by atoms with van der Waals surface area (Å²) in [5.41, 5.74) is -6.11. The van der Waals surface area contributed by atoms with Crippen LogP contribution in [0.3, 0.4) is 0 Å². The van der Waals surface area contributed by atoms with Gasteiger partial charge in [0.2, 0.25) is 0 Å². The summed E-state index contributed by atoms with van der Waals surface area (Å²) in [4.78, 5) is 88.6. The molecule has 0 spiro atoms. The first kappa shape index (κ1) is 58.4. The van der Waals surface area contributed by atoms with Crippen LogP contribution in [-0.4, -0.2) is 112 Å². The van der Waals surface area contributed by atoms with Gasteiger partial charge in [-0.15, -0.1) is 0 Å². The van der Waals surface area contributed by atoms with Crippen LogP contribution < -0.4 is 5.32 Å². The molecule has 11 atom stereocenters. The van der Waals surface area contributed by atoms with E-state index >= 15 is 9.59 Å². The summed E-state index contributed by atoms with van der Waals surface area (Å²) in [5, 5.41) is 16.7. The number of carbonyl (C=O) groups is 6. The van der Waals surface area contributed by atoms with Gasteiger partial charge in [0, 0.05) is 37.7 Å². The minimum Gasteiger partial charge on any atom is -0.456 e. The lowest BCUT2D eigenvalue weighted by molar-refractivity contribution is -0.344. The molecule has 1 amide bonds. The Kier molecular flexibility index (Phi) is 16.0. The molecule has 2 N–H and O–H groups in total. The summed E-state index contributed by atoms with van der Waals surface area (Å²) in [7, 11) is -5.78. The number of esters is 4. The van der Waals surface area contributed by atoms with Crippen LogP contribution in [0, 0.1) is 16.7 Å². The average Bonchev–Trinajstić information content (AvgIpc) is 3.32. The molecular formula is C59H79NO14Si2. The van der Waals surface area contributed by atoms with E-state index in [2.05, 4.69) is 26.1 Å². The fourth-order valence-electron chi connectivity index (χ4n) is 11.5. The first-order valence-corrected chi connectivity index (χ1v) is 32.2. The van der Waals surface area contributed by atoms with Crippen molar-refractivity contribution >= 4 is 52.2 Å². The Balaban J connectivity index is 1.49. The van der Waals surface area contributed by atoms with Gasteiger partial charge in [0.1, 0.15) is 23.9 Å². The largest absolute Gasteiger partial charge is 0.456 e. The minimum absolute atomic E-state index is 0.0593. The zero-order valence-electron chi connectivity index (χ0n) is 47.2. The van der Waals surface area contributed by atoms with E-state index in [9.17, 15) is 24.3 Å². The highest BCUT2D eigenvalue weighted by molar-refractivity contribution is 6.74. The molecule has 17 heteroatoms. The number of nitrogens with one attached hydrogen (secondary N) is 1. The number of benzene rings is 3. The Hall–Kier alpha value is -5.31. The molecule has 2 bridgehead atoms. The van der Waals surface area contributed by atoms with Crippen molar-refractivity contribution in [3.8, 4) is 0 Å². The number of ketones is 1. The third-order valence-electron chi connectivity index (χ3n) is 17.9. The monoisotopic (exact) mass is 1080 g/mol. The van der Waals surface area contributed by atoms with Crippen LogP contribution in [0.2, 0.25) is 36.3 Å². The Morgan fingerprint density at radius 3 is 1.79 bits per heavy atom. The lowest BCUT2D eigenvalue weighted by atomic mass is 9.44. The van der Waals surface area contributed by atoms with Gasteiger partial charge in [0.05, 0.1) is 35.6 Å². The lowest BCUT2D eigenvalue weighted by Crippen LogP contribution is -2.82. The Morgan fingerprint density at radius 2 is 1.29 bits per heavy atom. The van der Waals surface area contributed by atoms with Gasteiger partial charge in [-0.2, -0.15) is 0 Å². The second-order valence-corrected chi connectivity index (χ2v) is 34.6. The van der Waals surface area contributed by atoms with Gasteiger partial charge in [-0.1, -0.05) is 122 Å². The molecule has 15 nitrogen and oxygen atoms in total. The van der Waals surface area contributed by atoms with Gasteiger partial charge in [-0.25, -0.2) is 9.59 Å². The third kappa shape index (κ3) is 10.4. The second kappa shape index (κ2) is 20.8. The van der Waals surface area contributed by atoms with Crippen LogP contribution in [-0.2, 0) is 51.7 Å². The number of hydrogen-bond donors (Lipinski definition) is 2. The van der Waals surface area contributed by atoms with Gasteiger partial charge in [0.15, 0.2) is 40.2 Å². The fraction of sp³-hybridized carbons (Fsp3) is 0.559.